The molecule has 2 N–H and O–H groups in total. The molecule has 35 heavy (non-hydrogen) atoms. The third-order valence-corrected chi connectivity index (χ3v) is 10.1. The fourth-order valence-electron chi connectivity index (χ4n) is 8.53. The summed E-state index contributed by atoms with van der Waals surface area (Å²) in [6.45, 7) is 4.71. The van der Waals surface area contributed by atoms with E-state index in [1.165, 1.54) is 48.1 Å². The van der Waals surface area contributed by atoms with Crippen LogP contribution in [0.1, 0.15) is 55.0 Å². The van der Waals surface area contributed by atoms with Crippen LogP contribution < -0.4 is 4.90 Å². The summed E-state index contributed by atoms with van der Waals surface area (Å²) >= 11 is 0. The molecule has 8 rings (SSSR count). The number of aromatic nitrogens is 1. The van der Waals surface area contributed by atoms with Crippen LogP contribution in [0.5, 0.6) is 5.75 Å². The van der Waals surface area contributed by atoms with E-state index < -0.39 is 0 Å². The normalized spacial score (nSPS) is 33.4. The van der Waals surface area contributed by atoms with E-state index in [0.29, 0.717) is 41.8 Å². The summed E-state index contributed by atoms with van der Waals surface area (Å²) in [5, 5.41) is 11.3. The van der Waals surface area contributed by atoms with Crippen molar-refractivity contribution in [2.75, 3.05) is 25.0 Å². The lowest BCUT2D eigenvalue weighted by molar-refractivity contribution is 0.121. The summed E-state index contributed by atoms with van der Waals surface area (Å²) in [4.78, 5) is 11.9. The second kappa shape index (κ2) is 7.07. The average molecular weight is 467 g/mol. The number of fused-ring (bicyclic) bond motifs is 9. The number of rotatable bonds is 0. The van der Waals surface area contributed by atoms with Crippen LogP contribution >= 0.6 is 0 Å². The van der Waals surface area contributed by atoms with Gasteiger partial charge in [0.1, 0.15) is 5.75 Å². The second-order valence-corrected chi connectivity index (χ2v) is 11.6. The number of nitrogens with zero attached hydrogens (tertiary/aromatic N) is 3. The van der Waals surface area contributed by atoms with Gasteiger partial charge in [-0.1, -0.05) is 18.2 Å². The number of hydrogen-bond acceptors (Lipinski definition) is 4. The summed E-state index contributed by atoms with van der Waals surface area (Å²) in [5.41, 5.74) is 8.65. The number of phenols is 1. The smallest absolute Gasteiger partial charge is 0.116 e. The third kappa shape index (κ3) is 2.68. The predicted octanol–water partition coefficient (Wildman–Crippen LogP) is 5.15. The van der Waals surface area contributed by atoms with Crippen LogP contribution in [0.4, 0.5) is 5.69 Å². The second-order valence-electron chi connectivity index (χ2n) is 11.6. The van der Waals surface area contributed by atoms with E-state index in [1.54, 1.807) is 17.2 Å². The maximum atomic E-state index is 10.1. The van der Waals surface area contributed by atoms with Crippen molar-refractivity contribution in [3.05, 3.63) is 71.1 Å². The van der Waals surface area contributed by atoms with Crippen LogP contribution in [0.3, 0.4) is 0 Å². The van der Waals surface area contributed by atoms with E-state index in [1.807, 2.05) is 12.1 Å². The lowest BCUT2D eigenvalue weighted by Crippen LogP contribution is -2.55. The van der Waals surface area contributed by atoms with Crippen LogP contribution in [0, 0.1) is 5.92 Å². The number of para-hydroxylation sites is 1. The Morgan fingerprint density at radius 2 is 1.94 bits per heavy atom. The largest absolute Gasteiger partial charge is 0.508 e. The zero-order valence-corrected chi connectivity index (χ0v) is 20.6. The van der Waals surface area contributed by atoms with Crippen molar-refractivity contribution in [3.63, 3.8) is 0 Å². The number of benzene rings is 2. The molecule has 0 saturated carbocycles. The van der Waals surface area contributed by atoms with E-state index in [4.69, 9.17) is 0 Å². The Morgan fingerprint density at radius 3 is 2.86 bits per heavy atom. The first-order chi connectivity index (χ1) is 17.1. The van der Waals surface area contributed by atoms with E-state index >= 15 is 0 Å². The van der Waals surface area contributed by atoms with Gasteiger partial charge in [0.2, 0.25) is 0 Å². The van der Waals surface area contributed by atoms with Crippen LogP contribution in [-0.2, 0) is 6.42 Å². The first-order valence-electron chi connectivity index (χ1n) is 13.5. The molecule has 6 heterocycles. The average Bonchev–Trinajstić information content (AvgIpc) is 3.36. The maximum absolute atomic E-state index is 10.1. The molecule has 5 aliphatic heterocycles. The van der Waals surface area contributed by atoms with Gasteiger partial charge in [-0.25, -0.2) is 0 Å². The van der Waals surface area contributed by atoms with Gasteiger partial charge in [0.15, 0.2) is 0 Å². The highest BCUT2D eigenvalue weighted by Crippen LogP contribution is 2.54. The summed E-state index contributed by atoms with van der Waals surface area (Å²) in [6, 6.07) is 17.0. The van der Waals surface area contributed by atoms with Crippen molar-refractivity contribution in [3.8, 4) is 5.75 Å². The minimum atomic E-state index is 0.362. The number of aromatic amines is 1. The van der Waals surface area contributed by atoms with Gasteiger partial charge in [-0.05, 0) is 93.1 Å². The molecular weight excluding hydrogens is 432 g/mol. The predicted molar refractivity (Wildman–Crippen MR) is 140 cm³/mol. The Bertz CT molecular complexity index is 1370. The van der Waals surface area contributed by atoms with Gasteiger partial charge in [0, 0.05) is 53.0 Å². The number of phenolic OH excluding ortho intramolecular Hbond substituents is 1. The number of aromatic hydroxyl groups is 1. The molecule has 2 saturated heterocycles. The molecule has 2 fully saturated rings. The van der Waals surface area contributed by atoms with Gasteiger partial charge in [-0.15, -0.1) is 0 Å². The quantitative estimate of drug-likeness (QED) is 0.481. The highest BCUT2D eigenvalue weighted by Gasteiger charge is 2.52. The van der Waals surface area contributed by atoms with Crippen molar-refractivity contribution in [1.29, 1.82) is 0 Å². The molecule has 6 unspecified atom stereocenters. The highest BCUT2D eigenvalue weighted by atomic mass is 16.3. The summed E-state index contributed by atoms with van der Waals surface area (Å²) in [7, 11) is 2.36. The van der Waals surface area contributed by atoms with Gasteiger partial charge in [-0.2, -0.15) is 0 Å². The summed E-state index contributed by atoms with van der Waals surface area (Å²) in [5.74, 6) is 1.62. The van der Waals surface area contributed by atoms with Crippen molar-refractivity contribution < 1.29 is 5.11 Å². The number of likely N-dealkylation sites (tertiary alicyclic amines) is 1. The zero-order valence-electron chi connectivity index (χ0n) is 20.6. The fourth-order valence-corrected chi connectivity index (χ4v) is 8.53. The SMILES string of the molecule is CC1C2=CN3CCc4c([nH]c5ccc(O)cc45)C3CC2CC2C3C(CCN2C)c2ccccc2N13. The first-order valence-corrected chi connectivity index (χ1v) is 13.5. The lowest BCUT2D eigenvalue weighted by Gasteiger charge is -2.45. The molecule has 5 aliphatic rings. The molecule has 0 spiro atoms. The molecule has 1 aromatic heterocycles. The van der Waals surface area contributed by atoms with Crippen molar-refractivity contribution >= 4 is 16.6 Å². The first kappa shape index (κ1) is 20.3. The Labute approximate surface area is 207 Å². The van der Waals surface area contributed by atoms with E-state index in [-0.39, 0.29) is 0 Å². The number of anilines is 1. The molecule has 0 amide bonds. The molecule has 0 aliphatic carbocycles. The minimum Gasteiger partial charge on any atom is -0.508 e. The van der Waals surface area contributed by atoms with E-state index in [9.17, 15) is 5.11 Å². The molecule has 5 heteroatoms. The molecule has 180 valence electrons. The zero-order chi connectivity index (χ0) is 23.4. The van der Waals surface area contributed by atoms with Gasteiger partial charge >= 0.3 is 0 Å². The van der Waals surface area contributed by atoms with Crippen molar-refractivity contribution in [2.45, 2.75) is 62.7 Å². The minimum absolute atomic E-state index is 0.362. The van der Waals surface area contributed by atoms with Gasteiger partial charge in [-0.3, -0.25) is 0 Å². The Kier molecular flexibility index (Phi) is 4.10. The number of nitrogens with one attached hydrogen (secondary N) is 1. The fraction of sp³-hybridized carbons (Fsp3) is 0.467. The molecule has 0 bridgehead atoms. The highest BCUT2D eigenvalue weighted by molar-refractivity contribution is 5.86. The van der Waals surface area contributed by atoms with Crippen molar-refractivity contribution in [2.24, 2.45) is 5.92 Å². The molecule has 3 aromatic rings. The van der Waals surface area contributed by atoms with E-state index in [0.717, 1.165) is 18.5 Å². The molecule has 0 radical (unpaired) electrons. The number of H-pyrrole nitrogens is 1. The van der Waals surface area contributed by atoms with Gasteiger partial charge in [0.25, 0.3) is 0 Å². The van der Waals surface area contributed by atoms with E-state index in [2.05, 4.69) is 64.1 Å². The molecule has 6 atom stereocenters. The monoisotopic (exact) mass is 466 g/mol. The topological polar surface area (TPSA) is 45.7 Å². The van der Waals surface area contributed by atoms with Crippen LogP contribution in [-0.4, -0.2) is 58.2 Å². The summed E-state index contributed by atoms with van der Waals surface area (Å²) in [6.07, 6.45) is 7.28. The van der Waals surface area contributed by atoms with Crippen molar-refractivity contribution in [1.82, 2.24) is 14.8 Å². The standard InChI is InChI=1S/C30H34N4O/c1-17-24-16-33-12-10-21-23-15-19(35)7-8-25(23)31-29(21)27(33)13-18(24)14-28-30-22(9-11-32(28)2)20-5-3-4-6-26(20)34(17)30/h3-8,15-18,22,27-28,30-31,35H,9-14H2,1-2H3. The maximum Gasteiger partial charge on any atom is 0.116 e. The molecule has 5 nitrogen and oxygen atoms in total. The Morgan fingerprint density at radius 1 is 1.06 bits per heavy atom. The van der Waals surface area contributed by atoms with Crippen LogP contribution in [0.15, 0.2) is 54.2 Å². The third-order valence-electron chi connectivity index (χ3n) is 10.1. The van der Waals surface area contributed by atoms with Crippen LogP contribution in [0.2, 0.25) is 0 Å². The van der Waals surface area contributed by atoms with Gasteiger partial charge < -0.3 is 24.8 Å². The Hall–Kier alpha value is -2.92. The summed E-state index contributed by atoms with van der Waals surface area (Å²) < 4.78 is 0. The Balaban J connectivity index is 1.24. The van der Waals surface area contributed by atoms with Crippen LogP contribution in [0.25, 0.3) is 10.9 Å². The number of likely N-dealkylation sites (N-methyl/N-ethyl adjacent to an activating group) is 1. The van der Waals surface area contributed by atoms with Gasteiger partial charge in [0.05, 0.1) is 12.1 Å². The molecule has 2 aromatic carbocycles. The lowest BCUT2D eigenvalue weighted by atomic mass is 9.76. The number of hydrogen-bond donors (Lipinski definition) is 2. The number of piperidine rings is 1. The molecular formula is C30H34N4O.